The van der Waals surface area contributed by atoms with Gasteiger partial charge in [0.15, 0.2) is 11.6 Å². The number of nitrogens with one attached hydrogen (secondary N) is 2. The van der Waals surface area contributed by atoms with Gasteiger partial charge < -0.3 is 20.2 Å². The van der Waals surface area contributed by atoms with Crippen LogP contribution in [0, 0.1) is 13.8 Å². The van der Waals surface area contributed by atoms with Gasteiger partial charge in [-0.05, 0) is 152 Å². The largest absolute Gasteiger partial charge is 0.481 e. The van der Waals surface area contributed by atoms with E-state index >= 15 is 0 Å². The maximum Gasteiger partial charge on any atom is 0.303 e. The Hall–Kier alpha value is -3.20. The zero-order valence-electron chi connectivity index (χ0n) is 26.8. The van der Waals surface area contributed by atoms with Crippen LogP contribution < -0.4 is 0 Å². The van der Waals surface area contributed by atoms with Gasteiger partial charge in [0.05, 0.1) is 62.7 Å². The first-order valence-corrected chi connectivity index (χ1v) is 18.0. The number of carboxylic acid groups (broad SMARTS) is 2. The molecule has 0 radical (unpaired) electrons. The number of aliphatic carboxylic acids is 2. The average molecular weight is 910 g/mol. The highest BCUT2D eigenvalue weighted by atomic mass is 79.9. The minimum Gasteiger partial charge on any atom is -0.481 e. The van der Waals surface area contributed by atoms with Gasteiger partial charge in [0.1, 0.15) is 0 Å². The summed E-state index contributed by atoms with van der Waals surface area (Å²) in [7, 11) is 0. The van der Waals surface area contributed by atoms with E-state index in [0.717, 1.165) is 11.1 Å². The van der Waals surface area contributed by atoms with E-state index in [1.165, 1.54) is 13.8 Å². The standard InChI is InChI=1S/C34H30Br4N4O6/c1-11-17(7-9-19(45)46)31-26(38)32-18(8-10-20(47)48)12(2)28(40-32)24(36)33-22(16(6)44)14(4)30(42-33)25(37)34-21(15(5)43)13(3)29(41-34)23(35)27(11)39-31/h39,42H,7-10H2,1-6H3,(H,45,46)(H,47,48). The summed E-state index contributed by atoms with van der Waals surface area (Å²) in [5, 5.41) is 19.2. The summed E-state index contributed by atoms with van der Waals surface area (Å²) in [6.45, 7) is 10.3. The summed E-state index contributed by atoms with van der Waals surface area (Å²) >= 11 is 15.0. The number of fused-ring (bicyclic) bond motifs is 8. The van der Waals surface area contributed by atoms with Crippen LogP contribution in [0.5, 0.6) is 0 Å². The smallest absolute Gasteiger partial charge is 0.303 e. The molecule has 14 heteroatoms. The van der Waals surface area contributed by atoms with Gasteiger partial charge in [-0.2, -0.15) is 0 Å². The third kappa shape index (κ3) is 6.09. The van der Waals surface area contributed by atoms with Gasteiger partial charge in [0.25, 0.3) is 0 Å². The number of Topliss-reactive ketones (excluding diaryl/α,β-unsaturated/α-hetero) is 2. The monoisotopic (exact) mass is 906 g/mol. The number of hydrogen-bond donors (Lipinski definition) is 4. The van der Waals surface area contributed by atoms with Gasteiger partial charge >= 0.3 is 11.9 Å². The topological polar surface area (TPSA) is 166 Å². The van der Waals surface area contributed by atoms with Gasteiger partial charge in [-0.15, -0.1) is 0 Å². The van der Waals surface area contributed by atoms with E-state index in [0.29, 0.717) is 96.2 Å². The van der Waals surface area contributed by atoms with E-state index in [-0.39, 0.29) is 37.2 Å². The van der Waals surface area contributed by atoms with E-state index in [1.807, 2.05) is 27.7 Å². The summed E-state index contributed by atoms with van der Waals surface area (Å²) in [5.74, 6) is -2.32. The molecule has 0 unspecified atom stereocenters. The molecule has 0 saturated carbocycles. The van der Waals surface area contributed by atoms with Crippen molar-refractivity contribution >= 4 is 132 Å². The van der Waals surface area contributed by atoms with Crippen LogP contribution in [-0.2, 0) is 20.8 Å². The Labute approximate surface area is 309 Å². The third-order valence-corrected chi connectivity index (χ3v) is 11.8. The highest BCUT2D eigenvalue weighted by Gasteiger charge is 2.29. The molecule has 3 aromatic rings. The van der Waals surface area contributed by atoms with Crippen molar-refractivity contribution in [1.82, 2.24) is 19.9 Å². The summed E-state index contributed by atoms with van der Waals surface area (Å²) in [6, 6.07) is 0. The van der Waals surface area contributed by atoms with Crippen molar-refractivity contribution in [3.63, 3.8) is 0 Å². The normalized spacial score (nSPS) is 13.0. The highest BCUT2D eigenvalue weighted by molar-refractivity contribution is 9.11. The Morgan fingerprint density at radius 1 is 0.604 bits per heavy atom. The molecule has 0 fully saturated rings. The van der Waals surface area contributed by atoms with Crippen molar-refractivity contribution in [3.05, 3.63) is 62.9 Å². The average Bonchev–Trinajstić information content (AvgIpc) is 3.73. The van der Waals surface area contributed by atoms with Crippen LogP contribution in [0.3, 0.4) is 0 Å². The number of rotatable bonds is 8. The lowest BCUT2D eigenvalue weighted by atomic mass is 10.00. The molecule has 2 aliphatic heterocycles. The predicted octanol–water partition coefficient (Wildman–Crippen LogP) is 9.52. The number of carboxylic acids is 2. The number of aromatic nitrogens is 4. The van der Waals surface area contributed by atoms with E-state index in [9.17, 15) is 29.4 Å². The van der Waals surface area contributed by atoms with E-state index < -0.39 is 11.9 Å². The Kier molecular flexibility index (Phi) is 10.2. The fraction of sp³-hybridized carbons (Fsp3) is 0.294. The van der Waals surface area contributed by atoms with Crippen LogP contribution in [0.2, 0.25) is 0 Å². The number of carbonyl (C=O) groups is 4. The lowest BCUT2D eigenvalue weighted by molar-refractivity contribution is -0.137. The van der Waals surface area contributed by atoms with Crippen LogP contribution in [0.1, 0.15) is 96.8 Å². The zero-order valence-corrected chi connectivity index (χ0v) is 33.1. The number of halogens is 4. The van der Waals surface area contributed by atoms with Crippen LogP contribution in [0.25, 0.3) is 44.4 Å². The minimum absolute atomic E-state index is 0.136. The van der Waals surface area contributed by atoms with Crippen molar-refractivity contribution in [2.24, 2.45) is 0 Å². The van der Waals surface area contributed by atoms with E-state index in [4.69, 9.17) is 9.97 Å². The molecule has 0 atom stereocenters. The Morgan fingerprint density at radius 2 is 1.08 bits per heavy atom. The number of aromatic amines is 2. The number of nitrogens with zero attached hydrogens (tertiary/aromatic N) is 2. The molecule has 0 amide bonds. The van der Waals surface area contributed by atoms with Crippen LogP contribution in [0.4, 0.5) is 0 Å². The third-order valence-electron chi connectivity index (χ3n) is 8.73. The number of aryl methyl sites for hydroxylation is 3. The molecule has 3 aromatic heterocycles. The van der Waals surface area contributed by atoms with Gasteiger partial charge in [0.2, 0.25) is 0 Å². The van der Waals surface area contributed by atoms with Crippen LogP contribution >= 0.6 is 63.7 Å². The zero-order chi connectivity index (χ0) is 35.5. The van der Waals surface area contributed by atoms with Crippen molar-refractivity contribution in [1.29, 1.82) is 0 Å². The molecule has 250 valence electrons. The quantitative estimate of drug-likeness (QED) is 0.162. The molecule has 48 heavy (non-hydrogen) atoms. The Balaban J connectivity index is 2.12. The Bertz CT molecular complexity index is 2240. The molecule has 4 N–H and O–H groups in total. The van der Waals surface area contributed by atoms with Gasteiger partial charge in [-0.25, -0.2) is 9.97 Å². The molecular formula is C34H30Br4N4O6. The second-order valence-corrected chi connectivity index (χ2v) is 14.9. The fourth-order valence-corrected chi connectivity index (χ4v) is 9.16. The molecule has 5 rings (SSSR count). The van der Waals surface area contributed by atoms with Crippen LogP contribution in [0.15, 0.2) is 17.9 Å². The molecule has 0 spiro atoms. The minimum atomic E-state index is -0.968. The number of H-pyrrole nitrogens is 2. The van der Waals surface area contributed by atoms with Crippen LogP contribution in [-0.4, -0.2) is 53.7 Å². The van der Waals surface area contributed by atoms with Gasteiger partial charge in [-0.1, -0.05) is 0 Å². The van der Waals surface area contributed by atoms with Gasteiger partial charge in [0, 0.05) is 24.0 Å². The maximum atomic E-state index is 13.2. The van der Waals surface area contributed by atoms with Crippen molar-refractivity contribution in [2.75, 3.05) is 0 Å². The number of carbonyl (C=O) groups excluding carboxylic acids is 2. The molecule has 0 aromatic carbocycles. The summed E-state index contributed by atoms with van der Waals surface area (Å²) < 4.78 is 2.05. The fourth-order valence-electron chi connectivity index (χ4n) is 6.34. The molecule has 5 heterocycles. The molecule has 0 saturated heterocycles. The molecule has 10 nitrogen and oxygen atoms in total. The SMILES string of the molecule is CC(=O)C1=C(C)c2nc1c(Br)c1[nH]c(c(Br)c3nc(c(Br)c4[nH]c(c(C)c4CCC(=O)O)c2Br)C(CCC(=O)O)=C3C)c(C(C)=O)c1C. The number of ketones is 2. The lowest BCUT2D eigenvalue weighted by Gasteiger charge is -2.06. The van der Waals surface area contributed by atoms with Crippen molar-refractivity contribution < 1.29 is 29.4 Å². The number of hydrogen-bond acceptors (Lipinski definition) is 6. The predicted molar refractivity (Wildman–Crippen MR) is 200 cm³/mol. The second-order valence-electron chi connectivity index (χ2n) is 11.7. The summed E-state index contributed by atoms with van der Waals surface area (Å²) in [4.78, 5) is 66.6. The first-order valence-electron chi connectivity index (χ1n) is 14.8. The first kappa shape index (κ1) is 36.1. The second kappa shape index (κ2) is 13.6. The summed E-state index contributed by atoms with van der Waals surface area (Å²) in [6.07, 6.45) is 0.0832. The van der Waals surface area contributed by atoms with Crippen molar-refractivity contribution in [3.8, 4) is 0 Å². The van der Waals surface area contributed by atoms with E-state index in [1.54, 1.807) is 0 Å². The Morgan fingerprint density at radius 3 is 1.67 bits per heavy atom. The molecule has 2 aliphatic rings. The highest BCUT2D eigenvalue weighted by Crippen LogP contribution is 2.45. The van der Waals surface area contributed by atoms with Crippen molar-refractivity contribution in [2.45, 2.75) is 67.2 Å². The molecular weight excluding hydrogens is 880 g/mol. The summed E-state index contributed by atoms with van der Waals surface area (Å²) in [5.41, 5.74) is 9.11. The molecule has 8 bridgehead atoms. The molecule has 0 aliphatic carbocycles. The first-order chi connectivity index (χ1) is 22.5. The lowest BCUT2D eigenvalue weighted by Crippen LogP contribution is -1.99. The maximum absolute atomic E-state index is 13.2. The number of allylic oxidation sites excluding steroid dienone is 4. The van der Waals surface area contributed by atoms with E-state index in [2.05, 4.69) is 73.7 Å². The van der Waals surface area contributed by atoms with Gasteiger partial charge in [-0.3, -0.25) is 19.2 Å².